The highest BCUT2D eigenvalue weighted by Gasteiger charge is 2.12. The number of amides is 1. The lowest BCUT2D eigenvalue weighted by atomic mass is 10.1. The summed E-state index contributed by atoms with van der Waals surface area (Å²) in [7, 11) is 0. The molecule has 3 rings (SSSR count). The van der Waals surface area contributed by atoms with E-state index in [-0.39, 0.29) is 5.57 Å². The predicted octanol–water partition coefficient (Wildman–Crippen LogP) is 7.53. The zero-order valence-corrected chi connectivity index (χ0v) is 19.7. The number of anilines is 1. The lowest BCUT2D eigenvalue weighted by Crippen LogP contribution is -2.13. The molecule has 0 saturated heterocycles. The van der Waals surface area contributed by atoms with Gasteiger partial charge < -0.3 is 10.1 Å². The Morgan fingerprint density at radius 1 is 1.03 bits per heavy atom. The monoisotopic (exact) mass is 534 g/mol. The third-order valence-corrected chi connectivity index (χ3v) is 5.96. The van der Waals surface area contributed by atoms with Crippen LogP contribution in [0.3, 0.4) is 0 Å². The standard InChI is InChI=1S/C23H14BrCl3N2O2/c24-18-4-2-1-3-15(18)13-31-22-8-5-14(10-21(22)27)9-16(12-28)23(30)29-17-6-7-19(25)20(26)11-17/h1-11H,13H2,(H,29,30)/b16-9+. The molecule has 0 aliphatic rings. The van der Waals surface area contributed by atoms with Gasteiger partial charge in [-0.25, -0.2) is 0 Å². The molecular formula is C23H14BrCl3N2O2. The van der Waals surface area contributed by atoms with Crippen molar-refractivity contribution in [2.45, 2.75) is 6.61 Å². The molecule has 3 aromatic rings. The Labute approximate surface area is 203 Å². The van der Waals surface area contributed by atoms with Crippen molar-refractivity contribution in [3.63, 3.8) is 0 Å². The highest BCUT2D eigenvalue weighted by atomic mass is 79.9. The summed E-state index contributed by atoms with van der Waals surface area (Å²) in [5.41, 5.74) is 1.89. The van der Waals surface area contributed by atoms with E-state index in [1.807, 2.05) is 30.3 Å². The number of carbonyl (C=O) groups is 1. The van der Waals surface area contributed by atoms with Crippen molar-refractivity contribution in [2.75, 3.05) is 5.32 Å². The number of nitrogens with zero attached hydrogens (tertiary/aromatic N) is 1. The Bertz CT molecular complexity index is 1210. The van der Waals surface area contributed by atoms with Crippen LogP contribution in [0.1, 0.15) is 11.1 Å². The fourth-order valence-electron chi connectivity index (χ4n) is 2.58. The number of rotatable bonds is 6. The lowest BCUT2D eigenvalue weighted by molar-refractivity contribution is -0.112. The van der Waals surface area contributed by atoms with Crippen molar-refractivity contribution in [2.24, 2.45) is 0 Å². The quantitative estimate of drug-likeness (QED) is 0.262. The molecule has 156 valence electrons. The summed E-state index contributed by atoms with van der Waals surface area (Å²) < 4.78 is 6.73. The Morgan fingerprint density at radius 2 is 1.81 bits per heavy atom. The highest BCUT2D eigenvalue weighted by Crippen LogP contribution is 2.29. The Hall–Kier alpha value is -2.49. The number of nitriles is 1. The average Bonchev–Trinajstić information content (AvgIpc) is 2.75. The molecule has 0 bridgehead atoms. The number of benzene rings is 3. The summed E-state index contributed by atoms with van der Waals surface area (Å²) in [6, 6.07) is 19.3. The number of hydrogen-bond acceptors (Lipinski definition) is 3. The van der Waals surface area contributed by atoms with Crippen molar-refractivity contribution >= 4 is 68.4 Å². The van der Waals surface area contributed by atoms with Crippen molar-refractivity contribution in [1.82, 2.24) is 0 Å². The van der Waals surface area contributed by atoms with E-state index in [2.05, 4.69) is 21.2 Å². The van der Waals surface area contributed by atoms with Gasteiger partial charge in [0.05, 0.1) is 15.1 Å². The Morgan fingerprint density at radius 3 is 2.48 bits per heavy atom. The van der Waals surface area contributed by atoms with Crippen LogP contribution >= 0.6 is 50.7 Å². The van der Waals surface area contributed by atoms with Gasteiger partial charge in [0.25, 0.3) is 5.91 Å². The molecule has 0 aliphatic carbocycles. The van der Waals surface area contributed by atoms with Crippen LogP contribution in [0.5, 0.6) is 5.75 Å². The van der Waals surface area contributed by atoms with Gasteiger partial charge in [-0.1, -0.05) is 75.0 Å². The molecule has 0 aromatic heterocycles. The van der Waals surface area contributed by atoms with Crippen LogP contribution in [0.25, 0.3) is 6.08 Å². The largest absolute Gasteiger partial charge is 0.487 e. The topological polar surface area (TPSA) is 62.1 Å². The normalized spacial score (nSPS) is 11.0. The molecule has 0 spiro atoms. The molecule has 0 saturated carbocycles. The molecule has 0 atom stereocenters. The van der Waals surface area contributed by atoms with E-state index in [9.17, 15) is 10.1 Å². The van der Waals surface area contributed by atoms with Crippen LogP contribution < -0.4 is 10.1 Å². The molecule has 1 amide bonds. The smallest absolute Gasteiger partial charge is 0.266 e. The summed E-state index contributed by atoms with van der Waals surface area (Å²) >= 11 is 21.6. The number of carbonyl (C=O) groups excluding carboxylic acids is 1. The first-order valence-corrected chi connectivity index (χ1v) is 10.8. The minimum atomic E-state index is -0.578. The van der Waals surface area contributed by atoms with Gasteiger partial charge in [-0.3, -0.25) is 4.79 Å². The second kappa shape index (κ2) is 10.7. The van der Waals surface area contributed by atoms with E-state index < -0.39 is 5.91 Å². The third-order valence-electron chi connectivity index (χ3n) is 4.15. The number of halogens is 4. The van der Waals surface area contributed by atoms with Crippen molar-refractivity contribution in [1.29, 1.82) is 5.26 Å². The molecule has 1 N–H and O–H groups in total. The van der Waals surface area contributed by atoms with Gasteiger partial charge in [0.2, 0.25) is 0 Å². The zero-order chi connectivity index (χ0) is 22.4. The van der Waals surface area contributed by atoms with E-state index >= 15 is 0 Å². The number of ether oxygens (including phenoxy) is 1. The summed E-state index contributed by atoms with van der Waals surface area (Å²) in [6.45, 7) is 0.339. The SMILES string of the molecule is N#C/C(=C\c1ccc(OCc2ccccc2Br)c(Cl)c1)C(=O)Nc1ccc(Cl)c(Cl)c1. The number of nitrogens with one attached hydrogen (secondary N) is 1. The fraction of sp³-hybridized carbons (Fsp3) is 0.0435. The van der Waals surface area contributed by atoms with Gasteiger partial charge in [0.1, 0.15) is 24.0 Å². The van der Waals surface area contributed by atoms with Crippen molar-refractivity contribution < 1.29 is 9.53 Å². The molecule has 4 nitrogen and oxygen atoms in total. The fourth-order valence-corrected chi connectivity index (χ4v) is 3.52. The first-order valence-electron chi connectivity index (χ1n) is 8.91. The minimum Gasteiger partial charge on any atom is -0.487 e. The molecule has 3 aromatic carbocycles. The van der Waals surface area contributed by atoms with Gasteiger partial charge in [-0.05, 0) is 48.0 Å². The van der Waals surface area contributed by atoms with Crippen LogP contribution in [0.2, 0.25) is 15.1 Å². The molecule has 0 radical (unpaired) electrons. The van der Waals surface area contributed by atoms with Crippen LogP contribution in [-0.4, -0.2) is 5.91 Å². The molecule has 0 unspecified atom stereocenters. The average molecular weight is 537 g/mol. The maximum atomic E-state index is 12.4. The van der Waals surface area contributed by atoms with Crippen LogP contribution in [0.15, 0.2) is 70.7 Å². The van der Waals surface area contributed by atoms with Gasteiger partial charge >= 0.3 is 0 Å². The molecule has 31 heavy (non-hydrogen) atoms. The predicted molar refractivity (Wildman–Crippen MR) is 129 cm³/mol. The molecule has 0 fully saturated rings. The Balaban J connectivity index is 1.72. The highest BCUT2D eigenvalue weighted by molar-refractivity contribution is 9.10. The lowest BCUT2D eigenvalue weighted by Gasteiger charge is -2.10. The van der Waals surface area contributed by atoms with E-state index in [0.29, 0.717) is 38.7 Å². The van der Waals surface area contributed by atoms with E-state index in [1.54, 1.807) is 30.3 Å². The zero-order valence-electron chi connectivity index (χ0n) is 15.8. The second-order valence-electron chi connectivity index (χ2n) is 6.32. The summed E-state index contributed by atoms with van der Waals surface area (Å²) in [5, 5.41) is 13.1. The molecule has 8 heteroatoms. The number of hydrogen-bond donors (Lipinski definition) is 1. The Kier molecular flexibility index (Phi) is 8.00. The van der Waals surface area contributed by atoms with E-state index in [1.165, 1.54) is 12.1 Å². The van der Waals surface area contributed by atoms with Crippen molar-refractivity contribution in [3.8, 4) is 11.8 Å². The second-order valence-corrected chi connectivity index (χ2v) is 8.40. The first-order chi connectivity index (χ1) is 14.9. The van der Waals surface area contributed by atoms with E-state index in [0.717, 1.165) is 10.0 Å². The summed E-state index contributed by atoms with van der Waals surface area (Å²) in [5.74, 6) is -0.0837. The molecule has 0 aliphatic heterocycles. The summed E-state index contributed by atoms with van der Waals surface area (Å²) in [4.78, 5) is 12.4. The van der Waals surface area contributed by atoms with Gasteiger partial charge in [-0.15, -0.1) is 0 Å². The maximum Gasteiger partial charge on any atom is 0.266 e. The summed E-state index contributed by atoms with van der Waals surface area (Å²) in [6.07, 6.45) is 1.44. The van der Waals surface area contributed by atoms with Gasteiger partial charge in [0, 0.05) is 15.7 Å². The van der Waals surface area contributed by atoms with Gasteiger partial charge in [0.15, 0.2) is 0 Å². The minimum absolute atomic E-state index is 0.0935. The molecule has 0 heterocycles. The van der Waals surface area contributed by atoms with Crippen LogP contribution in [-0.2, 0) is 11.4 Å². The van der Waals surface area contributed by atoms with Gasteiger partial charge in [-0.2, -0.15) is 5.26 Å². The first kappa shape index (κ1) is 23.2. The third kappa shape index (κ3) is 6.25. The maximum absolute atomic E-state index is 12.4. The van der Waals surface area contributed by atoms with E-state index in [4.69, 9.17) is 39.5 Å². The molecular weight excluding hydrogens is 523 g/mol. The van der Waals surface area contributed by atoms with Crippen molar-refractivity contribution in [3.05, 3.63) is 96.9 Å². The van der Waals surface area contributed by atoms with Crippen LogP contribution in [0, 0.1) is 11.3 Å². The van der Waals surface area contributed by atoms with Crippen LogP contribution in [0.4, 0.5) is 5.69 Å².